The predicted molar refractivity (Wildman–Crippen MR) is 81.7 cm³/mol. The van der Waals surface area contributed by atoms with E-state index in [1.165, 1.54) is 0 Å². The van der Waals surface area contributed by atoms with Crippen LogP contribution in [-0.2, 0) is 0 Å². The van der Waals surface area contributed by atoms with Crippen LogP contribution < -0.4 is 4.74 Å². The number of ether oxygens (including phenoxy) is 1. The predicted octanol–water partition coefficient (Wildman–Crippen LogP) is 4.75. The molecule has 0 aliphatic heterocycles. The molecule has 0 bridgehead atoms. The first-order valence-corrected chi connectivity index (χ1v) is 6.82. The molecule has 0 aromatic heterocycles. The highest BCUT2D eigenvalue weighted by atomic mass is 35.5. The maximum atomic E-state index is 12.3. The summed E-state index contributed by atoms with van der Waals surface area (Å²) in [5.41, 5.74) is 0.953. The van der Waals surface area contributed by atoms with E-state index in [2.05, 4.69) is 0 Å². The Morgan fingerprint density at radius 1 is 1.00 bits per heavy atom. The fourth-order valence-corrected chi connectivity index (χ4v) is 2.01. The highest BCUT2D eigenvalue weighted by molar-refractivity contribution is 6.31. The minimum atomic E-state index is -0.252. The van der Waals surface area contributed by atoms with Crippen LogP contribution >= 0.6 is 11.6 Å². The first kappa shape index (κ1) is 14.6. The van der Waals surface area contributed by atoms with Crippen LogP contribution in [0.1, 0.15) is 36.7 Å². The van der Waals surface area contributed by atoms with Gasteiger partial charge in [0.1, 0.15) is 11.4 Å². The number of carbonyl (C=O) groups is 1. The third kappa shape index (κ3) is 3.84. The summed E-state index contributed by atoms with van der Waals surface area (Å²) in [6.45, 7) is 5.95. The summed E-state index contributed by atoms with van der Waals surface area (Å²) < 4.78 is 5.73. The van der Waals surface area contributed by atoms with E-state index in [9.17, 15) is 4.79 Å². The van der Waals surface area contributed by atoms with Gasteiger partial charge in [-0.2, -0.15) is 0 Å². The van der Waals surface area contributed by atoms with Gasteiger partial charge in [0, 0.05) is 16.1 Å². The van der Waals surface area contributed by atoms with Crippen molar-refractivity contribution in [1.82, 2.24) is 0 Å². The van der Waals surface area contributed by atoms with Gasteiger partial charge in [0.15, 0.2) is 5.78 Å². The van der Waals surface area contributed by atoms with Crippen LogP contribution in [0.25, 0.3) is 0 Å². The van der Waals surface area contributed by atoms with E-state index in [-0.39, 0.29) is 11.4 Å². The number of carbonyl (C=O) groups excluding carboxylic acids is 1. The minimum absolute atomic E-state index is 0.0465. The molecule has 0 radical (unpaired) electrons. The van der Waals surface area contributed by atoms with Crippen LogP contribution in [0.4, 0.5) is 0 Å². The van der Waals surface area contributed by atoms with Crippen LogP contribution in [-0.4, -0.2) is 11.4 Å². The summed E-state index contributed by atoms with van der Waals surface area (Å²) >= 11 is 5.90. The van der Waals surface area contributed by atoms with Gasteiger partial charge in [-0.15, -0.1) is 0 Å². The summed E-state index contributed by atoms with van der Waals surface area (Å²) in [7, 11) is 0. The molecule has 0 atom stereocenters. The Morgan fingerprint density at radius 2 is 1.65 bits per heavy atom. The van der Waals surface area contributed by atoms with Crippen molar-refractivity contribution in [2.75, 3.05) is 0 Å². The Labute approximate surface area is 124 Å². The maximum Gasteiger partial charge on any atom is 0.193 e. The molecule has 2 aromatic carbocycles. The fraction of sp³-hybridized carbons (Fsp3) is 0.235. The first-order valence-electron chi connectivity index (χ1n) is 6.44. The molecule has 0 amide bonds. The van der Waals surface area contributed by atoms with E-state index in [1.807, 2.05) is 32.9 Å². The van der Waals surface area contributed by atoms with Gasteiger partial charge < -0.3 is 4.74 Å². The summed E-state index contributed by atoms with van der Waals surface area (Å²) in [6, 6.07) is 14.1. The molecule has 2 nitrogen and oxygen atoms in total. The maximum absolute atomic E-state index is 12.3. The topological polar surface area (TPSA) is 26.3 Å². The average Bonchev–Trinajstić information content (AvgIpc) is 2.37. The Morgan fingerprint density at radius 3 is 2.20 bits per heavy atom. The number of benzene rings is 2. The number of halogens is 1. The highest BCUT2D eigenvalue weighted by Crippen LogP contribution is 2.20. The van der Waals surface area contributed by atoms with Gasteiger partial charge in [0.05, 0.1) is 0 Å². The zero-order chi connectivity index (χ0) is 14.8. The largest absolute Gasteiger partial charge is 0.488 e. The Balaban J connectivity index is 2.20. The molecule has 2 aromatic rings. The van der Waals surface area contributed by atoms with Crippen LogP contribution in [0.15, 0.2) is 48.5 Å². The van der Waals surface area contributed by atoms with E-state index in [4.69, 9.17) is 16.3 Å². The molecule has 20 heavy (non-hydrogen) atoms. The molecule has 0 aliphatic carbocycles. The zero-order valence-electron chi connectivity index (χ0n) is 11.8. The van der Waals surface area contributed by atoms with Crippen LogP contribution in [0, 0.1) is 0 Å². The molecular formula is C17H17ClO2. The van der Waals surface area contributed by atoms with Gasteiger partial charge in [-0.3, -0.25) is 4.79 Å². The van der Waals surface area contributed by atoms with Crippen molar-refractivity contribution in [2.45, 2.75) is 26.4 Å². The van der Waals surface area contributed by atoms with Crippen molar-refractivity contribution < 1.29 is 9.53 Å². The second-order valence-electron chi connectivity index (χ2n) is 5.58. The molecule has 3 heteroatoms. The van der Waals surface area contributed by atoms with Crippen molar-refractivity contribution in [2.24, 2.45) is 0 Å². The minimum Gasteiger partial charge on any atom is -0.488 e. The van der Waals surface area contributed by atoms with Crippen molar-refractivity contribution in [3.05, 3.63) is 64.7 Å². The number of rotatable bonds is 3. The van der Waals surface area contributed by atoms with Crippen molar-refractivity contribution in [1.29, 1.82) is 0 Å². The normalized spacial score (nSPS) is 11.2. The van der Waals surface area contributed by atoms with E-state index in [0.29, 0.717) is 16.1 Å². The van der Waals surface area contributed by atoms with E-state index in [1.54, 1.807) is 36.4 Å². The van der Waals surface area contributed by atoms with E-state index >= 15 is 0 Å². The van der Waals surface area contributed by atoms with Crippen molar-refractivity contribution in [3.63, 3.8) is 0 Å². The van der Waals surface area contributed by atoms with Gasteiger partial charge in [0.25, 0.3) is 0 Å². The monoisotopic (exact) mass is 288 g/mol. The first-order chi connectivity index (χ1) is 9.35. The molecule has 0 N–H and O–H groups in total. The van der Waals surface area contributed by atoms with Gasteiger partial charge in [-0.05, 0) is 57.2 Å². The quantitative estimate of drug-likeness (QED) is 0.762. The van der Waals surface area contributed by atoms with E-state index in [0.717, 1.165) is 5.75 Å². The molecule has 0 saturated heterocycles. The Bertz CT molecular complexity index is 610. The lowest BCUT2D eigenvalue weighted by Gasteiger charge is -2.21. The molecule has 104 valence electrons. The van der Waals surface area contributed by atoms with Gasteiger partial charge in [-0.1, -0.05) is 23.7 Å². The smallest absolute Gasteiger partial charge is 0.193 e. The molecule has 0 spiro atoms. The highest BCUT2D eigenvalue weighted by Gasteiger charge is 2.13. The molecule has 0 unspecified atom stereocenters. The number of hydrogen-bond donors (Lipinski definition) is 0. The number of ketones is 1. The fourth-order valence-electron chi connectivity index (χ4n) is 1.82. The third-order valence-corrected chi connectivity index (χ3v) is 2.86. The lowest BCUT2D eigenvalue weighted by molar-refractivity contribution is 0.103. The summed E-state index contributed by atoms with van der Waals surface area (Å²) in [6.07, 6.45) is 0. The van der Waals surface area contributed by atoms with Crippen LogP contribution in [0.2, 0.25) is 5.02 Å². The van der Waals surface area contributed by atoms with Gasteiger partial charge >= 0.3 is 0 Å². The van der Waals surface area contributed by atoms with Gasteiger partial charge in [0.2, 0.25) is 0 Å². The van der Waals surface area contributed by atoms with Crippen molar-refractivity contribution in [3.8, 4) is 5.75 Å². The average molecular weight is 289 g/mol. The standard InChI is InChI=1S/C17H17ClO2/c1-17(2,3)20-15-9-7-12(8-10-15)16(19)13-5-4-6-14(18)11-13/h4-11H,1-3H3. The van der Waals surface area contributed by atoms with Crippen molar-refractivity contribution >= 4 is 17.4 Å². The molecule has 0 heterocycles. The van der Waals surface area contributed by atoms with E-state index < -0.39 is 0 Å². The summed E-state index contributed by atoms with van der Waals surface area (Å²) in [5, 5.41) is 0.559. The molecule has 0 fully saturated rings. The van der Waals surface area contributed by atoms with Gasteiger partial charge in [-0.25, -0.2) is 0 Å². The third-order valence-electron chi connectivity index (χ3n) is 2.63. The molecule has 0 saturated carbocycles. The molecule has 2 rings (SSSR count). The molecule has 0 aliphatic rings. The zero-order valence-corrected chi connectivity index (χ0v) is 12.6. The lowest BCUT2D eigenvalue weighted by atomic mass is 10.0. The summed E-state index contributed by atoms with van der Waals surface area (Å²) in [4.78, 5) is 12.3. The summed E-state index contributed by atoms with van der Waals surface area (Å²) in [5.74, 6) is 0.704. The van der Waals surface area contributed by atoms with Crippen LogP contribution in [0.5, 0.6) is 5.75 Å². The Hall–Kier alpha value is -1.80. The SMILES string of the molecule is CC(C)(C)Oc1ccc(C(=O)c2cccc(Cl)c2)cc1. The molecular weight excluding hydrogens is 272 g/mol. The Kier molecular flexibility index (Phi) is 4.15. The second kappa shape index (κ2) is 5.68. The second-order valence-corrected chi connectivity index (χ2v) is 6.01. The number of hydrogen-bond acceptors (Lipinski definition) is 2. The lowest BCUT2D eigenvalue weighted by Crippen LogP contribution is -2.22. The van der Waals surface area contributed by atoms with Crippen LogP contribution in [0.3, 0.4) is 0 Å².